The Morgan fingerprint density at radius 1 is 1.25 bits per heavy atom. The lowest BCUT2D eigenvalue weighted by Gasteiger charge is -2.14. The van der Waals surface area contributed by atoms with Crippen molar-refractivity contribution in [1.29, 1.82) is 0 Å². The van der Waals surface area contributed by atoms with Gasteiger partial charge in [-0.3, -0.25) is 0 Å². The van der Waals surface area contributed by atoms with Crippen LogP contribution in [0.2, 0.25) is 0 Å². The van der Waals surface area contributed by atoms with Crippen LogP contribution in [-0.2, 0) is 0 Å². The van der Waals surface area contributed by atoms with Crippen LogP contribution in [0.15, 0.2) is 30.3 Å². The summed E-state index contributed by atoms with van der Waals surface area (Å²) in [6.45, 7) is 0.881. The Bertz CT molecular complexity index is 221. The van der Waals surface area contributed by atoms with Crippen LogP contribution < -0.4 is 0 Å². The smallest absolute Gasteiger partial charge is 0.0712 e. The molecule has 0 amide bonds. The predicted molar refractivity (Wildman–Crippen MR) is 53.6 cm³/mol. The Kier molecular flexibility index (Phi) is 3.57. The second-order valence-electron chi connectivity index (χ2n) is 3.14. The molecule has 1 aromatic rings. The maximum atomic E-state index is 6.16. The van der Waals surface area contributed by atoms with Gasteiger partial charge in [-0.05, 0) is 19.7 Å². The van der Waals surface area contributed by atoms with E-state index in [-0.39, 0.29) is 5.38 Å². The minimum Gasteiger partial charge on any atom is -0.308 e. The van der Waals surface area contributed by atoms with Crippen molar-refractivity contribution < 1.29 is 0 Å². The van der Waals surface area contributed by atoms with Crippen LogP contribution in [0.25, 0.3) is 0 Å². The van der Waals surface area contributed by atoms with E-state index in [9.17, 15) is 0 Å². The van der Waals surface area contributed by atoms with Gasteiger partial charge in [-0.15, -0.1) is 11.6 Å². The zero-order valence-corrected chi connectivity index (χ0v) is 8.25. The largest absolute Gasteiger partial charge is 0.308 e. The van der Waals surface area contributed by atoms with Crippen molar-refractivity contribution in [2.75, 3.05) is 20.6 Å². The van der Waals surface area contributed by atoms with E-state index in [2.05, 4.69) is 17.0 Å². The van der Waals surface area contributed by atoms with Gasteiger partial charge in [-0.1, -0.05) is 30.3 Å². The topological polar surface area (TPSA) is 3.24 Å². The molecule has 1 aromatic carbocycles. The highest BCUT2D eigenvalue weighted by atomic mass is 35.5. The quantitative estimate of drug-likeness (QED) is 0.651. The summed E-state index contributed by atoms with van der Waals surface area (Å²) in [5, 5.41) is 0.0983. The van der Waals surface area contributed by atoms with Crippen LogP contribution in [0.4, 0.5) is 0 Å². The van der Waals surface area contributed by atoms with Gasteiger partial charge < -0.3 is 4.90 Å². The van der Waals surface area contributed by atoms with Crippen LogP contribution in [0, 0.1) is 0 Å². The van der Waals surface area contributed by atoms with Gasteiger partial charge >= 0.3 is 0 Å². The summed E-state index contributed by atoms with van der Waals surface area (Å²) in [5.74, 6) is 0. The molecular weight excluding hydrogens is 170 g/mol. The zero-order chi connectivity index (χ0) is 8.97. The van der Waals surface area contributed by atoms with Crippen molar-refractivity contribution in [3.05, 3.63) is 35.9 Å². The molecule has 2 heteroatoms. The average Bonchev–Trinajstić information content (AvgIpc) is 2.05. The van der Waals surface area contributed by atoms with E-state index in [4.69, 9.17) is 11.6 Å². The van der Waals surface area contributed by atoms with Crippen LogP contribution in [-0.4, -0.2) is 25.5 Å². The molecule has 0 aliphatic heterocycles. The summed E-state index contributed by atoms with van der Waals surface area (Å²) in [5.41, 5.74) is 1.19. The van der Waals surface area contributed by atoms with Crippen LogP contribution in [0.3, 0.4) is 0 Å². The maximum absolute atomic E-state index is 6.16. The Morgan fingerprint density at radius 3 is 2.33 bits per heavy atom. The van der Waals surface area contributed by atoms with E-state index in [1.807, 2.05) is 32.3 Å². The molecule has 0 saturated carbocycles. The SMILES string of the molecule is CN(C)C[C@H](Cl)c1ccccc1. The van der Waals surface area contributed by atoms with Crippen LogP contribution in [0.5, 0.6) is 0 Å². The number of benzene rings is 1. The van der Waals surface area contributed by atoms with E-state index in [1.165, 1.54) is 5.56 Å². The lowest BCUT2D eigenvalue weighted by molar-refractivity contribution is 0.408. The Morgan fingerprint density at radius 2 is 1.83 bits per heavy atom. The molecule has 1 nitrogen and oxygen atoms in total. The van der Waals surface area contributed by atoms with Crippen molar-refractivity contribution in [3.63, 3.8) is 0 Å². The Balaban J connectivity index is 2.59. The van der Waals surface area contributed by atoms with Gasteiger partial charge in [-0.25, -0.2) is 0 Å². The van der Waals surface area contributed by atoms with E-state index in [1.54, 1.807) is 0 Å². The summed E-state index contributed by atoms with van der Waals surface area (Å²) in [7, 11) is 4.05. The molecule has 12 heavy (non-hydrogen) atoms. The van der Waals surface area contributed by atoms with E-state index < -0.39 is 0 Å². The average molecular weight is 184 g/mol. The highest BCUT2D eigenvalue weighted by molar-refractivity contribution is 6.21. The fourth-order valence-electron chi connectivity index (χ4n) is 1.09. The highest BCUT2D eigenvalue weighted by Crippen LogP contribution is 2.19. The van der Waals surface area contributed by atoms with Crippen molar-refractivity contribution >= 4 is 11.6 Å². The van der Waals surface area contributed by atoms with E-state index >= 15 is 0 Å². The van der Waals surface area contributed by atoms with Gasteiger partial charge in [0.2, 0.25) is 0 Å². The number of hydrogen-bond donors (Lipinski definition) is 0. The second kappa shape index (κ2) is 4.48. The molecule has 0 radical (unpaired) electrons. The molecule has 0 fully saturated rings. The van der Waals surface area contributed by atoms with Gasteiger partial charge in [0.15, 0.2) is 0 Å². The Labute approximate surface area is 79.0 Å². The molecule has 0 saturated heterocycles. The van der Waals surface area contributed by atoms with Gasteiger partial charge in [-0.2, -0.15) is 0 Å². The van der Waals surface area contributed by atoms with E-state index in [0.29, 0.717) is 0 Å². The first-order valence-corrected chi connectivity index (χ1v) is 4.47. The third kappa shape index (κ3) is 2.84. The maximum Gasteiger partial charge on any atom is 0.0712 e. The van der Waals surface area contributed by atoms with Crippen molar-refractivity contribution in [2.45, 2.75) is 5.38 Å². The minimum absolute atomic E-state index is 0.0983. The fraction of sp³-hybridized carbons (Fsp3) is 0.400. The molecular formula is C10H14ClN. The number of rotatable bonds is 3. The summed E-state index contributed by atoms with van der Waals surface area (Å²) in [6, 6.07) is 10.1. The first kappa shape index (κ1) is 9.56. The minimum atomic E-state index is 0.0983. The monoisotopic (exact) mass is 183 g/mol. The van der Waals surface area contributed by atoms with Gasteiger partial charge in [0.1, 0.15) is 0 Å². The summed E-state index contributed by atoms with van der Waals surface area (Å²) in [6.07, 6.45) is 0. The van der Waals surface area contributed by atoms with Gasteiger partial charge in [0.05, 0.1) is 5.38 Å². The van der Waals surface area contributed by atoms with Crippen molar-refractivity contribution in [2.24, 2.45) is 0 Å². The third-order valence-electron chi connectivity index (χ3n) is 1.69. The van der Waals surface area contributed by atoms with Gasteiger partial charge in [0.25, 0.3) is 0 Å². The van der Waals surface area contributed by atoms with Crippen LogP contribution >= 0.6 is 11.6 Å². The molecule has 0 aliphatic carbocycles. The normalized spacial score (nSPS) is 13.3. The third-order valence-corrected chi connectivity index (χ3v) is 2.08. The molecule has 0 aliphatic rings. The highest BCUT2D eigenvalue weighted by Gasteiger charge is 2.07. The molecule has 0 N–H and O–H groups in total. The first-order valence-electron chi connectivity index (χ1n) is 4.04. The fourth-order valence-corrected chi connectivity index (χ4v) is 1.51. The molecule has 0 unspecified atom stereocenters. The zero-order valence-electron chi connectivity index (χ0n) is 7.50. The molecule has 66 valence electrons. The summed E-state index contributed by atoms with van der Waals surface area (Å²) < 4.78 is 0. The molecule has 1 rings (SSSR count). The number of likely N-dealkylation sites (N-methyl/N-ethyl adjacent to an activating group) is 1. The second-order valence-corrected chi connectivity index (χ2v) is 3.67. The molecule has 1 atom stereocenters. The summed E-state index contributed by atoms with van der Waals surface area (Å²) >= 11 is 6.16. The van der Waals surface area contributed by atoms with Crippen molar-refractivity contribution in [1.82, 2.24) is 4.90 Å². The Hall–Kier alpha value is -0.530. The van der Waals surface area contributed by atoms with Crippen molar-refractivity contribution in [3.8, 4) is 0 Å². The lowest BCUT2D eigenvalue weighted by Crippen LogP contribution is -2.17. The first-order chi connectivity index (χ1) is 5.70. The molecule has 0 spiro atoms. The molecule has 0 aromatic heterocycles. The summed E-state index contributed by atoms with van der Waals surface area (Å²) in [4.78, 5) is 2.09. The van der Waals surface area contributed by atoms with E-state index in [0.717, 1.165) is 6.54 Å². The lowest BCUT2D eigenvalue weighted by atomic mass is 10.1. The number of halogens is 1. The van der Waals surface area contributed by atoms with Gasteiger partial charge in [0, 0.05) is 6.54 Å². The molecule has 0 heterocycles. The van der Waals surface area contributed by atoms with Crippen LogP contribution in [0.1, 0.15) is 10.9 Å². The number of alkyl halides is 1. The number of hydrogen-bond acceptors (Lipinski definition) is 1. The standard InChI is InChI=1S/C10H14ClN/c1-12(2)8-10(11)9-6-4-3-5-7-9/h3-7,10H,8H2,1-2H3/t10-/m0/s1. The molecule has 0 bridgehead atoms. The predicted octanol–water partition coefficient (Wildman–Crippen LogP) is 2.53. The number of nitrogens with zero attached hydrogens (tertiary/aromatic N) is 1.